The summed E-state index contributed by atoms with van der Waals surface area (Å²) in [6.07, 6.45) is 1.95. The third kappa shape index (κ3) is 4.10. The summed E-state index contributed by atoms with van der Waals surface area (Å²) in [7, 11) is 0. The van der Waals surface area contributed by atoms with Crippen LogP contribution < -0.4 is 0 Å². The van der Waals surface area contributed by atoms with Crippen molar-refractivity contribution in [2.45, 2.75) is 26.4 Å². The van der Waals surface area contributed by atoms with Crippen molar-refractivity contribution in [2.75, 3.05) is 19.6 Å². The van der Waals surface area contributed by atoms with Gasteiger partial charge in [-0.15, -0.1) is 0 Å². The zero-order valence-corrected chi connectivity index (χ0v) is 17.8. The van der Waals surface area contributed by atoms with Gasteiger partial charge in [0.2, 0.25) is 5.91 Å². The predicted molar refractivity (Wildman–Crippen MR) is 117 cm³/mol. The Bertz CT molecular complexity index is 1090. The number of carbonyl (C=O) groups excluding carboxylic acids is 2. The summed E-state index contributed by atoms with van der Waals surface area (Å²) in [4.78, 5) is 29.6. The maximum atomic E-state index is 14.7. The van der Waals surface area contributed by atoms with Crippen LogP contribution in [0.2, 0.25) is 0 Å². The molecule has 2 heterocycles. The third-order valence-electron chi connectivity index (χ3n) is 5.85. The Morgan fingerprint density at radius 3 is 2.48 bits per heavy atom. The van der Waals surface area contributed by atoms with E-state index in [-0.39, 0.29) is 24.2 Å². The van der Waals surface area contributed by atoms with E-state index in [4.69, 9.17) is 0 Å². The first-order chi connectivity index (χ1) is 15.0. The SMILES string of the molecule is CCN(CC(=O)N1CCn2cccc2C1c1ccccc1F)C(=O)c1ccc(C)cc1. The van der Waals surface area contributed by atoms with E-state index in [1.165, 1.54) is 6.07 Å². The average molecular weight is 420 g/mol. The second-order valence-electron chi connectivity index (χ2n) is 7.82. The zero-order valence-electron chi connectivity index (χ0n) is 17.8. The number of aromatic nitrogens is 1. The summed E-state index contributed by atoms with van der Waals surface area (Å²) >= 11 is 0. The molecule has 0 N–H and O–H groups in total. The fourth-order valence-electron chi connectivity index (χ4n) is 4.14. The number of rotatable bonds is 5. The van der Waals surface area contributed by atoms with E-state index in [9.17, 15) is 14.0 Å². The first-order valence-electron chi connectivity index (χ1n) is 10.5. The summed E-state index contributed by atoms with van der Waals surface area (Å²) in [5, 5.41) is 0. The molecule has 2 aromatic carbocycles. The first-order valence-corrected chi connectivity index (χ1v) is 10.5. The van der Waals surface area contributed by atoms with E-state index < -0.39 is 6.04 Å². The minimum atomic E-state index is -0.523. The fraction of sp³-hybridized carbons (Fsp3) is 0.280. The van der Waals surface area contributed by atoms with Crippen molar-refractivity contribution in [3.8, 4) is 0 Å². The minimum absolute atomic E-state index is 0.0468. The standard InChI is InChI=1S/C25H26FN3O2/c1-3-27(25(31)19-12-10-18(2)11-13-19)17-23(30)29-16-15-28-14-6-9-22(28)24(29)20-7-4-5-8-21(20)26/h4-14,24H,3,15-17H2,1-2H3. The van der Waals surface area contributed by atoms with Crippen LogP contribution in [-0.4, -0.2) is 45.8 Å². The quantitative estimate of drug-likeness (QED) is 0.627. The Balaban J connectivity index is 1.61. The molecule has 5 nitrogen and oxygen atoms in total. The van der Waals surface area contributed by atoms with Crippen LogP contribution in [0, 0.1) is 12.7 Å². The highest BCUT2D eigenvalue weighted by Gasteiger charge is 2.34. The molecule has 1 unspecified atom stereocenters. The number of fused-ring (bicyclic) bond motifs is 1. The van der Waals surface area contributed by atoms with Gasteiger partial charge in [0.15, 0.2) is 0 Å². The second kappa shape index (κ2) is 8.76. The van der Waals surface area contributed by atoms with Gasteiger partial charge in [-0.25, -0.2) is 4.39 Å². The van der Waals surface area contributed by atoms with E-state index in [0.717, 1.165) is 11.3 Å². The van der Waals surface area contributed by atoms with Crippen molar-refractivity contribution < 1.29 is 14.0 Å². The molecule has 0 radical (unpaired) electrons. The van der Waals surface area contributed by atoms with Gasteiger partial charge in [-0.3, -0.25) is 9.59 Å². The number of halogens is 1. The summed E-state index contributed by atoms with van der Waals surface area (Å²) in [6.45, 7) is 5.27. The number of nitrogens with zero attached hydrogens (tertiary/aromatic N) is 3. The van der Waals surface area contributed by atoms with Crippen LogP contribution in [0.25, 0.3) is 0 Å². The summed E-state index contributed by atoms with van der Waals surface area (Å²) in [6, 6.07) is 17.2. The number of carbonyl (C=O) groups is 2. The summed E-state index contributed by atoms with van der Waals surface area (Å²) in [5.41, 5.74) is 2.96. The molecule has 0 saturated heterocycles. The predicted octanol–water partition coefficient (Wildman–Crippen LogP) is 4.03. The minimum Gasteiger partial charge on any atom is -0.348 e. The fourth-order valence-corrected chi connectivity index (χ4v) is 4.14. The van der Waals surface area contributed by atoms with Crippen LogP contribution >= 0.6 is 0 Å². The van der Waals surface area contributed by atoms with Gasteiger partial charge in [0, 0.05) is 42.7 Å². The lowest BCUT2D eigenvalue weighted by Crippen LogP contribution is -2.48. The molecule has 3 aromatic rings. The molecule has 0 saturated carbocycles. The first kappa shape index (κ1) is 20.8. The molecule has 1 atom stereocenters. The Kier molecular flexibility index (Phi) is 5.89. The van der Waals surface area contributed by atoms with Crippen LogP contribution in [0.4, 0.5) is 4.39 Å². The third-order valence-corrected chi connectivity index (χ3v) is 5.85. The Morgan fingerprint density at radius 2 is 1.77 bits per heavy atom. The highest BCUT2D eigenvalue weighted by molar-refractivity contribution is 5.96. The van der Waals surface area contributed by atoms with Gasteiger partial charge in [0.1, 0.15) is 18.4 Å². The zero-order chi connectivity index (χ0) is 22.0. The molecule has 31 heavy (non-hydrogen) atoms. The number of likely N-dealkylation sites (N-methyl/N-ethyl adjacent to an activating group) is 1. The summed E-state index contributed by atoms with van der Waals surface area (Å²) < 4.78 is 16.8. The molecule has 1 aromatic heterocycles. The normalized spacial score (nSPS) is 15.5. The van der Waals surface area contributed by atoms with E-state index in [1.807, 2.05) is 44.3 Å². The number of hydrogen-bond donors (Lipinski definition) is 0. The molecule has 160 valence electrons. The lowest BCUT2D eigenvalue weighted by Gasteiger charge is -2.38. The monoisotopic (exact) mass is 419 g/mol. The molecule has 0 fully saturated rings. The van der Waals surface area contributed by atoms with Crippen LogP contribution in [0.15, 0.2) is 66.9 Å². The van der Waals surface area contributed by atoms with Crippen LogP contribution in [0.3, 0.4) is 0 Å². The van der Waals surface area contributed by atoms with Crippen LogP contribution in [-0.2, 0) is 11.3 Å². The number of aryl methyl sites for hydroxylation is 1. The maximum absolute atomic E-state index is 14.7. The molecule has 0 spiro atoms. The highest BCUT2D eigenvalue weighted by atomic mass is 19.1. The van der Waals surface area contributed by atoms with Crippen molar-refractivity contribution in [3.63, 3.8) is 0 Å². The molecule has 1 aliphatic heterocycles. The van der Waals surface area contributed by atoms with Gasteiger partial charge >= 0.3 is 0 Å². The van der Waals surface area contributed by atoms with Gasteiger partial charge in [-0.05, 0) is 44.2 Å². The van der Waals surface area contributed by atoms with Gasteiger partial charge in [-0.2, -0.15) is 0 Å². The van der Waals surface area contributed by atoms with E-state index >= 15 is 0 Å². The number of hydrogen-bond acceptors (Lipinski definition) is 2. The van der Waals surface area contributed by atoms with E-state index in [2.05, 4.69) is 4.57 Å². The van der Waals surface area contributed by atoms with Crippen molar-refractivity contribution in [3.05, 3.63) is 95.1 Å². The lowest BCUT2D eigenvalue weighted by atomic mass is 9.99. The Hall–Kier alpha value is -3.41. The van der Waals surface area contributed by atoms with Gasteiger partial charge in [0.05, 0.1) is 0 Å². The summed E-state index contributed by atoms with van der Waals surface area (Å²) in [5.74, 6) is -0.718. The van der Waals surface area contributed by atoms with Gasteiger partial charge in [0.25, 0.3) is 5.91 Å². The van der Waals surface area contributed by atoms with Crippen molar-refractivity contribution in [1.82, 2.24) is 14.4 Å². The Morgan fingerprint density at radius 1 is 1.03 bits per heavy atom. The van der Waals surface area contributed by atoms with E-state index in [1.54, 1.807) is 40.1 Å². The van der Waals surface area contributed by atoms with Gasteiger partial charge in [-0.1, -0.05) is 35.9 Å². The van der Waals surface area contributed by atoms with Gasteiger partial charge < -0.3 is 14.4 Å². The number of amides is 2. The van der Waals surface area contributed by atoms with Crippen LogP contribution in [0.1, 0.15) is 40.1 Å². The molecule has 6 heteroatoms. The molecule has 0 aliphatic carbocycles. The average Bonchev–Trinajstić information content (AvgIpc) is 3.26. The molecule has 1 aliphatic rings. The topological polar surface area (TPSA) is 45.6 Å². The molecule has 4 rings (SSSR count). The van der Waals surface area contributed by atoms with Crippen LogP contribution in [0.5, 0.6) is 0 Å². The lowest BCUT2D eigenvalue weighted by molar-refractivity contribution is -0.134. The highest BCUT2D eigenvalue weighted by Crippen LogP contribution is 2.34. The van der Waals surface area contributed by atoms with E-state index in [0.29, 0.717) is 30.8 Å². The largest absolute Gasteiger partial charge is 0.348 e. The smallest absolute Gasteiger partial charge is 0.254 e. The molecular weight excluding hydrogens is 393 g/mol. The molecule has 0 bridgehead atoms. The van der Waals surface area contributed by atoms with Crippen molar-refractivity contribution in [1.29, 1.82) is 0 Å². The Labute approximate surface area is 181 Å². The van der Waals surface area contributed by atoms with Crippen molar-refractivity contribution in [2.24, 2.45) is 0 Å². The molecule has 2 amide bonds. The maximum Gasteiger partial charge on any atom is 0.254 e. The second-order valence-corrected chi connectivity index (χ2v) is 7.82. The molecular formula is C25H26FN3O2. The van der Waals surface area contributed by atoms with Crippen molar-refractivity contribution >= 4 is 11.8 Å². The number of benzene rings is 2.